The molecule has 0 heterocycles. The second kappa shape index (κ2) is 9.76. The van der Waals surface area contributed by atoms with Gasteiger partial charge in [0.05, 0.1) is 12.8 Å². The molecule has 2 atom stereocenters. The van der Waals surface area contributed by atoms with E-state index in [1.54, 1.807) is 0 Å². The quantitative estimate of drug-likeness (QED) is 0.238. The van der Waals surface area contributed by atoms with Crippen molar-refractivity contribution in [1.29, 1.82) is 0 Å². The number of nitrogens with one attached hydrogen (secondary N) is 2. The molecule has 0 spiro atoms. The molecule has 2 amide bonds. The molecule has 0 aromatic carbocycles. The van der Waals surface area contributed by atoms with Gasteiger partial charge in [0.15, 0.2) is 0 Å². The van der Waals surface area contributed by atoms with Gasteiger partial charge in [0.1, 0.15) is 12.1 Å². The summed E-state index contributed by atoms with van der Waals surface area (Å²) in [7, 11) is 0. The number of carbonyl (C=O) groups is 6. The van der Waals surface area contributed by atoms with Gasteiger partial charge >= 0.3 is 23.9 Å². The minimum absolute atomic E-state index is 0.533. The van der Waals surface area contributed by atoms with Crippen molar-refractivity contribution >= 4 is 35.7 Å². The number of aliphatic carboxylic acids is 4. The van der Waals surface area contributed by atoms with E-state index >= 15 is 0 Å². The third-order valence-electron chi connectivity index (χ3n) is 2.60. The number of hydrogen-bond donors (Lipinski definition) is 6. The van der Waals surface area contributed by atoms with Crippen LogP contribution in [0.3, 0.4) is 0 Å². The molecule has 12 heteroatoms. The van der Waals surface area contributed by atoms with E-state index in [9.17, 15) is 28.8 Å². The van der Waals surface area contributed by atoms with Crippen molar-refractivity contribution in [3.63, 3.8) is 0 Å². The fraction of sp³-hybridized carbons (Fsp3) is 0.500. The summed E-state index contributed by atoms with van der Waals surface area (Å²) >= 11 is 0. The molecule has 0 saturated carbocycles. The zero-order chi connectivity index (χ0) is 18.9. The molecule has 134 valence electrons. The number of carbonyl (C=O) groups excluding carboxylic acids is 2. The molecule has 0 aliphatic heterocycles. The fourth-order valence-corrected chi connectivity index (χ4v) is 1.51. The van der Waals surface area contributed by atoms with E-state index in [-0.39, 0.29) is 0 Å². The second-order valence-electron chi connectivity index (χ2n) is 4.61. The van der Waals surface area contributed by atoms with Gasteiger partial charge in [-0.1, -0.05) is 0 Å². The van der Waals surface area contributed by atoms with Crippen molar-refractivity contribution in [2.45, 2.75) is 37.8 Å². The SMILES string of the molecule is O=C(O)CC(NC(=O)CCC(=O)NC(CC(=O)O)C(=O)O)C(=O)O. The third kappa shape index (κ3) is 8.96. The Hall–Kier alpha value is -3.18. The van der Waals surface area contributed by atoms with Crippen LogP contribution in [0.4, 0.5) is 0 Å². The highest BCUT2D eigenvalue weighted by Crippen LogP contribution is 1.99. The van der Waals surface area contributed by atoms with Crippen molar-refractivity contribution in [3.05, 3.63) is 0 Å². The minimum Gasteiger partial charge on any atom is -0.481 e. The summed E-state index contributed by atoms with van der Waals surface area (Å²) in [6, 6.07) is -3.34. The van der Waals surface area contributed by atoms with Crippen molar-refractivity contribution < 1.29 is 49.2 Å². The summed E-state index contributed by atoms with van der Waals surface area (Å²) in [4.78, 5) is 65.4. The van der Waals surface area contributed by atoms with Crippen molar-refractivity contribution in [1.82, 2.24) is 10.6 Å². The number of rotatable bonds is 11. The van der Waals surface area contributed by atoms with Crippen LogP contribution in [0.2, 0.25) is 0 Å². The molecule has 24 heavy (non-hydrogen) atoms. The molecule has 2 unspecified atom stereocenters. The van der Waals surface area contributed by atoms with Gasteiger partial charge in [-0.25, -0.2) is 9.59 Å². The Morgan fingerprint density at radius 3 is 1.12 bits per heavy atom. The highest BCUT2D eigenvalue weighted by molar-refractivity contribution is 5.90. The van der Waals surface area contributed by atoms with E-state index in [0.29, 0.717) is 0 Å². The first-order valence-corrected chi connectivity index (χ1v) is 6.50. The summed E-state index contributed by atoms with van der Waals surface area (Å²) in [5.74, 6) is -7.88. The maximum atomic E-state index is 11.5. The summed E-state index contributed by atoms with van der Waals surface area (Å²) in [6.45, 7) is 0. The van der Waals surface area contributed by atoms with E-state index in [1.807, 2.05) is 10.6 Å². The lowest BCUT2D eigenvalue weighted by atomic mass is 10.1. The van der Waals surface area contributed by atoms with Gasteiger partial charge in [-0.2, -0.15) is 0 Å². The monoisotopic (exact) mass is 348 g/mol. The van der Waals surface area contributed by atoms with E-state index in [0.717, 1.165) is 0 Å². The van der Waals surface area contributed by atoms with Crippen molar-refractivity contribution in [2.75, 3.05) is 0 Å². The molecule has 0 radical (unpaired) electrons. The van der Waals surface area contributed by atoms with Crippen LogP contribution < -0.4 is 10.6 Å². The Labute approximate surface area is 134 Å². The fourth-order valence-electron chi connectivity index (χ4n) is 1.51. The second-order valence-corrected chi connectivity index (χ2v) is 4.61. The predicted octanol–water partition coefficient (Wildman–Crippen LogP) is -2.15. The molecule has 0 aromatic rings. The Morgan fingerprint density at radius 1 is 0.625 bits per heavy atom. The van der Waals surface area contributed by atoms with Crippen LogP contribution in [-0.4, -0.2) is 68.2 Å². The van der Waals surface area contributed by atoms with Gasteiger partial charge in [0.25, 0.3) is 0 Å². The lowest BCUT2D eigenvalue weighted by Gasteiger charge is -2.14. The van der Waals surface area contributed by atoms with Gasteiger partial charge in [-0.3, -0.25) is 19.2 Å². The molecule has 12 nitrogen and oxygen atoms in total. The van der Waals surface area contributed by atoms with Crippen molar-refractivity contribution in [3.8, 4) is 0 Å². The highest BCUT2D eigenvalue weighted by Gasteiger charge is 2.25. The molecular weight excluding hydrogens is 332 g/mol. The highest BCUT2D eigenvalue weighted by atomic mass is 16.4. The largest absolute Gasteiger partial charge is 0.481 e. The van der Waals surface area contributed by atoms with Crippen LogP contribution >= 0.6 is 0 Å². The van der Waals surface area contributed by atoms with Crippen LogP contribution in [0, 0.1) is 0 Å². The Kier molecular flexibility index (Phi) is 8.47. The predicted molar refractivity (Wildman–Crippen MR) is 72.9 cm³/mol. The molecule has 0 saturated heterocycles. The summed E-state index contributed by atoms with van der Waals surface area (Å²) in [5.41, 5.74) is 0. The molecule has 0 aliphatic carbocycles. The van der Waals surface area contributed by atoms with Gasteiger partial charge in [0, 0.05) is 12.8 Å². The third-order valence-corrected chi connectivity index (χ3v) is 2.60. The Morgan fingerprint density at radius 2 is 0.917 bits per heavy atom. The topological polar surface area (TPSA) is 207 Å². The average molecular weight is 348 g/mol. The van der Waals surface area contributed by atoms with E-state index in [2.05, 4.69) is 0 Å². The van der Waals surface area contributed by atoms with Crippen LogP contribution in [0.15, 0.2) is 0 Å². The molecule has 0 fully saturated rings. The average Bonchev–Trinajstić information content (AvgIpc) is 2.42. The maximum Gasteiger partial charge on any atom is 0.326 e. The van der Waals surface area contributed by atoms with E-state index in [4.69, 9.17) is 20.4 Å². The lowest BCUT2D eigenvalue weighted by molar-refractivity contribution is -0.147. The smallest absolute Gasteiger partial charge is 0.326 e. The number of amides is 2. The number of hydrogen-bond acceptors (Lipinski definition) is 6. The summed E-state index contributed by atoms with van der Waals surface area (Å²) < 4.78 is 0. The summed E-state index contributed by atoms with van der Waals surface area (Å²) in [6.07, 6.45) is -2.77. The molecule has 0 bridgehead atoms. The minimum atomic E-state index is -1.67. The molecule has 0 aromatic heterocycles. The van der Waals surface area contributed by atoms with E-state index in [1.165, 1.54) is 0 Å². The first-order chi connectivity index (χ1) is 11.0. The lowest BCUT2D eigenvalue weighted by Crippen LogP contribution is -2.44. The van der Waals surface area contributed by atoms with E-state index < -0.39 is 73.5 Å². The Balaban J connectivity index is 4.45. The van der Waals surface area contributed by atoms with Gasteiger partial charge in [0.2, 0.25) is 11.8 Å². The first-order valence-electron chi connectivity index (χ1n) is 6.50. The standard InChI is InChI=1S/C12H16N2O10/c15-7(13-5(11(21)22)3-9(17)18)1-2-8(16)14-6(12(23)24)4-10(19)20/h5-6H,1-4H2,(H,13,15)(H,14,16)(H,17,18)(H,19,20)(H,21,22)(H,23,24). The van der Waals surface area contributed by atoms with Gasteiger partial charge in [-0.05, 0) is 0 Å². The number of carboxylic acid groups (broad SMARTS) is 4. The van der Waals surface area contributed by atoms with Crippen LogP contribution in [0.1, 0.15) is 25.7 Å². The zero-order valence-corrected chi connectivity index (χ0v) is 12.2. The zero-order valence-electron chi connectivity index (χ0n) is 12.2. The molecule has 0 rings (SSSR count). The maximum absolute atomic E-state index is 11.5. The molecular formula is C12H16N2O10. The summed E-state index contributed by atoms with van der Waals surface area (Å²) in [5, 5.41) is 38.3. The number of carboxylic acids is 4. The Bertz CT molecular complexity index is 496. The van der Waals surface area contributed by atoms with Gasteiger partial charge < -0.3 is 31.1 Å². The molecule has 6 N–H and O–H groups in total. The normalized spacial score (nSPS) is 12.5. The van der Waals surface area contributed by atoms with Crippen molar-refractivity contribution in [2.24, 2.45) is 0 Å². The van der Waals surface area contributed by atoms with Crippen LogP contribution in [-0.2, 0) is 28.8 Å². The van der Waals surface area contributed by atoms with Gasteiger partial charge in [-0.15, -0.1) is 0 Å². The van der Waals surface area contributed by atoms with Crippen LogP contribution in [0.25, 0.3) is 0 Å². The molecule has 0 aliphatic rings. The first kappa shape index (κ1) is 20.8. The van der Waals surface area contributed by atoms with Crippen LogP contribution in [0.5, 0.6) is 0 Å².